The number of amides is 2. The van der Waals surface area contributed by atoms with E-state index in [1.807, 2.05) is 18.2 Å². The standard InChI is InChI=1S/C22H25N3O4S/c1-28-15-7-14-23-21(27)17-9-4-5-10-18(17)24-22(30)25-20(26)13-12-16-8-3-6-11-19(16)29-2/h3-6,8-13H,7,14-15H2,1-2H3,(H,23,27)(H2,24,25,26,30)/b13-12+. The first-order valence-corrected chi connectivity index (χ1v) is 9.75. The number of methoxy groups -OCH3 is 2. The zero-order valence-corrected chi connectivity index (χ0v) is 17.8. The van der Waals surface area contributed by atoms with Gasteiger partial charge >= 0.3 is 0 Å². The first-order valence-electron chi connectivity index (χ1n) is 9.34. The third kappa shape index (κ3) is 7.31. The van der Waals surface area contributed by atoms with Crippen LogP contribution in [0.4, 0.5) is 5.69 Å². The molecule has 158 valence electrons. The number of anilines is 1. The number of hydrogen-bond donors (Lipinski definition) is 3. The number of carbonyl (C=O) groups is 2. The SMILES string of the molecule is COCCCNC(=O)c1ccccc1NC(=S)NC(=O)/C=C/c1ccccc1OC. The van der Waals surface area contributed by atoms with Crippen molar-refractivity contribution in [2.24, 2.45) is 0 Å². The molecule has 2 amide bonds. The fraction of sp³-hybridized carbons (Fsp3) is 0.227. The second-order valence-electron chi connectivity index (χ2n) is 6.17. The van der Waals surface area contributed by atoms with E-state index in [-0.39, 0.29) is 11.0 Å². The quantitative estimate of drug-likeness (QED) is 0.324. The highest BCUT2D eigenvalue weighted by atomic mass is 32.1. The van der Waals surface area contributed by atoms with Gasteiger partial charge in [-0.1, -0.05) is 30.3 Å². The highest BCUT2D eigenvalue weighted by molar-refractivity contribution is 7.80. The summed E-state index contributed by atoms with van der Waals surface area (Å²) in [5.41, 5.74) is 1.70. The monoisotopic (exact) mass is 427 g/mol. The molecule has 0 fully saturated rings. The van der Waals surface area contributed by atoms with Crippen molar-refractivity contribution in [3.05, 3.63) is 65.7 Å². The summed E-state index contributed by atoms with van der Waals surface area (Å²) < 4.78 is 10.2. The Labute approximate surface area is 181 Å². The van der Waals surface area contributed by atoms with Gasteiger partial charge in [0.15, 0.2) is 5.11 Å². The molecule has 0 spiro atoms. The minimum absolute atomic E-state index is 0.0873. The summed E-state index contributed by atoms with van der Waals surface area (Å²) in [6.45, 7) is 1.06. The Morgan fingerprint density at radius 3 is 2.57 bits per heavy atom. The van der Waals surface area contributed by atoms with Crippen LogP contribution in [0.2, 0.25) is 0 Å². The van der Waals surface area contributed by atoms with Crippen LogP contribution in [0.3, 0.4) is 0 Å². The Morgan fingerprint density at radius 2 is 1.80 bits per heavy atom. The molecule has 8 heteroatoms. The van der Waals surface area contributed by atoms with Crippen LogP contribution in [0.5, 0.6) is 5.75 Å². The molecule has 3 N–H and O–H groups in total. The highest BCUT2D eigenvalue weighted by Crippen LogP contribution is 2.18. The van der Waals surface area contributed by atoms with Gasteiger partial charge in [0.05, 0.1) is 18.4 Å². The summed E-state index contributed by atoms with van der Waals surface area (Å²) in [5, 5.41) is 8.38. The minimum Gasteiger partial charge on any atom is -0.496 e. The van der Waals surface area contributed by atoms with Gasteiger partial charge in [0.25, 0.3) is 5.91 Å². The Hall–Kier alpha value is -3.23. The number of rotatable bonds is 9. The summed E-state index contributed by atoms with van der Waals surface area (Å²) in [7, 11) is 3.18. The van der Waals surface area contributed by atoms with E-state index in [0.29, 0.717) is 36.6 Å². The first kappa shape index (κ1) is 23.1. The number of ether oxygens (including phenoxy) is 2. The van der Waals surface area contributed by atoms with Crippen LogP contribution in [0.25, 0.3) is 6.08 Å². The Balaban J connectivity index is 1.95. The average molecular weight is 428 g/mol. The lowest BCUT2D eigenvalue weighted by atomic mass is 10.1. The van der Waals surface area contributed by atoms with Gasteiger partial charge in [-0.3, -0.25) is 14.9 Å². The van der Waals surface area contributed by atoms with Crippen molar-refractivity contribution in [1.29, 1.82) is 0 Å². The van der Waals surface area contributed by atoms with Crippen LogP contribution in [0.1, 0.15) is 22.3 Å². The Morgan fingerprint density at radius 1 is 1.07 bits per heavy atom. The Kier molecular flexibility index (Phi) is 9.50. The second kappa shape index (κ2) is 12.4. The van der Waals surface area contributed by atoms with Crippen LogP contribution in [-0.4, -0.2) is 44.3 Å². The summed E-state index contributed by atoms with van der Waals surface area (Å²) >= 11 is 5.21. The van der Waals surface area contributed by atoms with Gasteiger partial charge in [0.2, 0.25) is 5.91 Å². The number of hydrogen-bond acceptors (Lipinski definition) is 5. The average Bonchev–Trinajstić information content (AvgIpc) is 2.75. The Bertz CT molecular complexity index is 915. The molecule has 30 heavy (non-hydrogen) atoms. The number of para-hydroxylation sites is 2. The molecule has 0 aliphatic carbocycles. The summed E-state index contributed by atoms with van der Waals surface area (Å²) in [6.07, 6.45) is 3.71. The van der Waals surface area contributed by atoms with E-state index in [9.17, 15) is 9.59 Å². The van der Waals surface area contributed by atoms with Crippen LogP contribution in [0.15, 0.2) is 54.6 Å². The van der Waals surface area contributed by atoms with Gasteiger partial charge in [-0.05, 0) is 42.9 Å². The minimum atomic E-state index is -0.403. The molecule has 0 aliphatic heterocycles. The fourth-order valence-corrected chi connectivity index (χ4v) is 2.79. The molecule has 0 aromatic heterocycles. The van der Waals surface area contributed by atoms with Gasteiger partial charge in [-0.2, -0.15) is 0 Å². The van der Waals surface area contributed by atoms with E-state index in [2.05, 4.69) is 16.0 Å². The van der Waals surface area contributed by atoms with Gasteiger partial charge in [-0.25, -0.2) is 0 Å². The molecule has 0 saturated carbocycles. The van der Waals surface area contributed by atoms with E-state index in [1.165, 1.54) is 6.08 Å². The van der Waals surface area contributed by atoms with E-state index >= 15 is 0 Å². The van der Waals surface area contributed by atoms with Gasteiger partial charge in [0.1, 0.15) is 5.75 Å². The van der Waals surface area contributed by atoms with Crippen molar-refractivity contribution < 1.29 is 19.1 Å². The molecule has 0 aliphatic rings. The lowest BCUT2D eigenvalue weighted by molar-refractivity contribution is -0.115. The third-order valence-electron chi connectivity index (χ3n) is 4.02. The van der Waals surface area contributed by atoms with Gasteiger partial charge < -0.3 is 20.1 Å². The maximum absolute atomic E-state index is 12.4. The number of benzene rings is 2. The molecule has 0 saturated heterocycles. The van der Waals surface area contributed by atoms with Crippen molar-refractivity contribution >= 4 is 40.9 Å². The maximum atomic E-state index is 12.4. The van der Waals surface area contributed by atoms with Crippen molar-refractivity contribution in [3.63, 3.8) is 0 Å². The maximum Gasteiger partial charge on any atom is 0.253 e. The van der Waals surface area contributed by atoms with Gasteiger partial charge in [0, 0.05) is 31.9 Å². The molecule has 0 unspecified atom stereocenters. The van der Waals surface area contributed by atoms with E-state index in [1.54, 1.807) is 50.6 Å². The summed E-state index contributed by atoms with van der Waals surface area (Å²) in [5.74, 6) is 0.0204. The van der Waals surface area contributed by atoms with E-state index in [0.717, 1.165) is 5.56 Å². The largest absolute Gasteiger partial charge is 0.496 e. The first-order chi connectivity index (χ1) is 14.5. The van der Waals surface area contributed by atoms with Crippen LogP contribution in [-0.2, 0) is 9.53 Å². The zero-order chi connectivity index (χ0) is 21.8. The molecular formula is C22H25N3O4S. The smallest absolute Gasteiger partial charge is 0.253 e. The normalized spacial score (nSPS) is 10.5. The lowest BCUT2D eigenvalue weighted by Gasteiger charge is -2.13. The zero-order valence-electron chi connectivity index (χ0n) is 16.9. The van der Waals surface area contributed by atoms with Crippen molar-refractivity contribution in [2.75, 3.05) is 32.7 Å². The molecule has 2 aromatic carbocycles. The molecule has 2 rings (SSSR count). The number of carbonyl (C=O) groups excluding carboxylic acids is 2. The fourth-order valence-electron chi connectivity index (χ4n) is 2.58. The van der Waals surface area contributed by atoms with Gasteiger partial charge in [-0.15, -0.1) is 0 Å². The van der Waals surface area contributed by atoms with Crippen LogP contribution >= 0.6 is 12.2 Å². The predicted octanol–water partition coefficient (Wildman–Crippen LogP) is 2.99. The number of nitrogens with one attached hydrogen (secondary N) is 3. The lowest BCUT2D eigenvalue weighted by Crippen LogP contribution is -2.34. The van der Waals surface area contributed by atoms with Crippen molar-refractivity contribution in [1.82, 2.24) is 10.6 Å². The predicted molar refractivity (Wildman–Crippen MR) is 122 cm³/mol. The number of thiocarbonyl (C=S) groups is 1. The third-order valence-corrected chi connectivity index (χ3v) is 4.22. The molecule has 0 radical (unpaired) electrons. The highest BCUT2D eigenvalue weighted by Gasteiger charge is 2.12. The molecular weight excluding hydrogens is 402 g/mol. The second-order valence-corrected chi connectivity index (χ2v) is 6.57. The molecule has 2 aromatic rings. The molecule has 0 atom stereocenters. The van der Waals surface area contributed by atoms with E-state index < -0.39 is 5.91 Å². The molecule has 7 nitrogen and oxygen atoms in total. The van der Waals surface area contributed by atoms with Crippen LogP contribution in [0, 0.1) is 0 Å². The van der Waals surface area contributed by atoms with E-state index in [4.69, 9.17) is 21.7 Å². The van der Waals surface area contributed by atoms with Crippen LogP contribution < -0.4 is 20.7 Å². The van der Waals surface area contributed by atoms with Crippen molar-refractivity contribution in [3.8, 4) is 5.75 Å². The summed E-state index contributed by atoms with van der Waals surface area (Å²) in [4.78, 5) is 24.6. The topological polar surface area (TPSA) is 88.7 Å². The molecule has 0 bridgehead atoms. The summed E-state index contributed by atoms with van der Waals surface area (Å²) in [6, 6.07) is 14.3. The van der Waals surface area contributed by atoms with Crippen molar-refractivity contribution in [2.45, 2.75) is 6.42 Å². The molecule has 0 heterocycles.